The van der Waals surface area contributed by atoms with Crippen molar-refractivity contribution in [1.82, 2.24) is 0 Å². The van der Waals surface area contributed by atoms with Gasteiger partial charge in [0.05, 0.1) is 6.61 Å². The molecule has 0 heterocycles. The Bertz CT molecular complexity index is 246. The maximum atomic E-state index is 9.53. The van der Waals surface area contributed by atoms with Crippen LogP contribution in [-0.4, -0.2) is 18.8 Å². The Morgan fingerprint density at radius 1 is 1.38 bits per heavy atom. The lowest BCUT2D eigenvalue weighted by molar-refractivity contribution is 0.0644. The van der Waals surface area contributed by atoms with Crippen LogP contribution in [0.25, 0.3) is 0 Å². The summed E-state index contributed by atoms with van der Waals surface area (Å²) >= 11 is 0. The van der Waals surface area contributed by atoms with Crippen LogP contribution in [0.5, 0.6) is 0 Å². The summed E-state index contributed by atoms with van der Waals surface area (Å²) in [5.41, 5.74) is 7.37. The molecule has 0 fully saturated rings. The third-order valence-electron chi connectivity index (χ3n) is 1.92. The van der Waals surface area contributed by atoms with Gasteiger partial charge in [-0.25, -0.2) is 0 Å². The van der Waals surface area contributed by atoms with E-state index in [0.717, 1.165) is 11.1 Å². The van der Waals surface area contributed by atoms with Crippen LogP contribution < -0.4 is 5.73 Å². The first-order valence-corrected chi connectivity index (χ1v) is 4.24. The highest BCUT2D eigenvalue weighted by atomic mass is 16.5. The molecule has 1 rings (SSSR count). The average Bonchev–Trinajstić information content (AvgIpc) is 2.18. The van der Waals surface area contributed by atoms with Crippen LogP contribution in [0.2, 0.25) is 0 Å². The van der Waals surface area contributed by atoms with E-state index in [2.05, 4.69) is 0 Å². The van der Waals surface area contributed by atoms with Crippen LogP contribution in [0.15, 0.2) is 24.3 Å². The zero-order valence-corrected chi connectivity index (χ0v) is 7.73. The van der Waals surface area contributed by atoms with Gasteiger partial charge in [-0.3, -0.25) is 0 Å². The Labute approximate surface area is 78.1 Å². The van der Waals surface area contributed by atoms with Gasteiger partial charge in [-0.15, -0.1) is 0 Å². The summed E-state index contributed by atoms with van der Waals surface area (Å²) in [6, 6.07) is 7.56. The van der Waals surface area contributed by atoms with E-state index < -0.39 is 6.10 Å². The molecule has 1 aromatic rings. The van der Waals surface area contributed by atoms with E-state index in [1.807, 2.05) is 24.3 Å². The molecule has 3 heteroatoms. The maximum Gasteiger partial charge on any atom is 0.102 e. The van der Waals surface area contributed by atoms with Crippen molar-refractivity contribution in [3.8, 4) is 0 Å². The summed E-state index contributed by atoms with van der Waals surface area (Å²) in [4.78, 5) is 0. The van der Waals surface area contributed by atoms with Crippen molar-refractivity contribution in [2.24, 2.45) is 5.73 Å². The first kappa shape index (κ1) is 10.2. The Kier molecular flexibility index (Phi) is 3.89. The number of hydrogen-bond donors (Lipinski definition) is 2. The lowest BCUT2D eigenvalue weighted by Crippen LogP contribution is -2.05. The highest BCUT2D eigenvalue weighted by Crippen LogP contribution is 2.13. The molecule has 1 unspecified atom stereocenters. The van der Waals surface area contributed by atoms with Gasteiger partial charge in [0.15, 0.2) is 0 Å². The Balaban J connectivity index is 2.67. The van der Waals surface area contributed by atoms with Crippen molar-refractivity contribution >= 4 is 0 Å². The van der Waals surface area contributed by atoms with Crippen molar-refractivity contribution in [3.63, 3.8) is 0 Å². The lowest BCUT2D eigenvalue weighted by Gasteiger charge is -2.09. The third kappa shape index (κ3) is 2.81. The van der Waals surface area contributed by atoms with Crippen molar-refractivity contribution in [2.45, 2.75) is 12.6 Å². The Morgan fingerprint density at radius 3 is 2.46 bits per heavy atom. The fourth-order valence-electron chi connectivity index (χ4n) is 1.13. The van der Waals surface area contributed by atoms with Crippen LogP contribution in [-0.2, 0) is 11.3 Å². The van der Waals surface area contributed by atoms with Crippen molar-refractivity contribution < 1.29 is 9.84 Å². The van der Waals surface area contributed by atoms with E-state index in [-0.39, 0.29) is 0 Å². The number of methoxy groups -OCH3 is 1. The quantitative estimate of drug-likeness (QED) is 0.723. The molecule has 0 amide bonds. The fraction of sp³-hybridized carbons (Fsp3) is 0.400. The van der Waals surface area contributed by atoms with Gasteiger partial charge >= 0.3 is 0 Å². The van der Waals surface area contributed by atoms with Gasteiger partial charge in [-0.2, -0.15) is 0 Å². The average molecular weight is 181 g/mol. The molecule has 0 aromatic heterocycles. The van der Waals surface area contributed by atoms with Gasteiger partial charge in [0.1, 0.15) is 6.10 Å². The van der Waals surface area contributed by atoms with Gasteiger partial charge in [0.2, 0.25) is 0 Å². The molecular weight excluding hydrogens is 166 g/mol. The topological polar surface area (TPSA) is 55.5 Å². The molecule has 1 atom stereocenters. The Hall–Kier alpha value is -0.900. The van der Waals surface area contributed by atoms with E-state index in [1.54, 1.807) is 7.11 Å². The molecular formula is C10H15NO2. The summed E-state index contributed by atoms with van der Waals surface area (Å²) < 4.78 is 4.84. The number of rotatable bonds is 4. The minimum absolute atomic E-state index is 0.321. The molecule has 72 valence electrons. The summed E-state index contributed by atoms with van der Waals surface area (Å²) in [5, 5.41) is 9.53. The standard InChI is InChI=1S/C10H15NO2/c1-13-7-10(12)9-4-2-8(6-11)3-5-9/h2-5,10,12H,6-7,11H2,1H3. The fourth-order valence-corrected chi connectivity index (χ4v) is 1.13. The van der Waals surface area contributed by atoms with E-state index in [0.29, 0.717) is 13.2 Å². The number of benzene rings is 1. The predicted molar refractivity (Wildman–Crippen MR) is 51.2 cm³/mol. The van der Waals surface area contributed by atoms with Crippen molar-refractivity contribution in [1.29, 1.82) is 0 Å². The second kappa shape index (κ2) is 4.97. The van der Waals surface area contributed by atoms with Gasteiger partial charge < -0.3 is 15.6 Å². The van der Waals surface area contributed by atoms with Gasteiger partial charge in [-0.1, -0.05) is 24.3 Å². The van der Waals surface area contributed by atoms with Crippen LogP contribution in [0.3, 0.4) is 0 Å². The first-order valence-electron chi connectivity index (χ1n) is 4.24. The SMILES string of the molecule is COCC(O)c1ccc(CN)cc1. The zero-order chi connectivity index (χ0) is 9.68. The number of nitrogens with two attached hydrogens (primary N) is 1. The van der Waals surface area contributed by atoms with E-state index in [4.69, 9.17) is 10.5 Å². The molecule has 0 saturated carbocycles. The van der Waals surface area contributed by atoms with Crippen molar-refractivity contribution in [2.75, 3.05) is 13.7 Å². The smallest absolute Gasteiger partial charge is 0.102 e. The molecule has 0 radical (unpaired) electrons. The van der Waals surface area contributed by atoms with Gasteiger partial charge in [0.25, 0.3) is 0 Å². The molecule has 0 aliphatic heterocycles. The summed E-state index contributed by atoms with van der Waals surface area (Å²) in [5.74, 6) is 0. The Morgan fingerprint density at radius 2 is 2.00 bits per heavy atom. The highest BCUT2D eigenvalue weighted by Gasteiger charge is 2.05. The predicted octanol–water partition coefficient (Wildman–Crippen LogP) is 0.825. The van der Waals surface area contributed by atoms with Crippen molar-refractivity contribution in [3.05, 3.63) is 35.4 Å². The second-order valence-electron chi connectivity index (χ2n) is 2.92. The minimum Gasteiger partial charge on any atom is -0.386 e. The minimum atomic E-state index is -0.545. The maximum absolute atomic E-state index is 9.53. The molecule has 13 heavy (non-hydrogen) atoms. The summed E-state index contributed by atoms with van der Waals surface area (Å²) in [6.07, 6.45) is -0.545. The molecule has 0 bridgehead atoms. The number of aliphatic hydroxyl groups excluding tert-OH is 1. The number of ether oxygens (including phenoxy) is 1. The van der Waals surface area contributed by atoms with Crippen LogP contribution in [0, 0.1) is 0 Å². The molecule has 3 N–H and O–H groups in total. The molecule has 3 nitrogen and oxygen atoms in total. The zero-order valence-electron chi connectivity index (χ0n) is 7.73. The van der Waals surface area contributed by atoms with Crippen LogP contribution >= 0.6 is 0 Å². The first-order chi connectivity index (χ1) is 6.27. The highest BCUT2D eigenvalue weighted by molar-refractivity contribution is 5.23. The molecule has 0 aliphatic carbocycles. The normalized spacial score (nSPS) is 12.8. The third-order valence-corrected chi connectivity index (χ3v) is 1.92. The van der Waals surface area contributed by atoms with Gasteiger partial charge in [0, 0.05) is 13.7 Å². The van der Waals surface area contributed by atoms with E-state index in [9.17, 15) is 5.11 Å². The van der Waals surface area contributed by atoms with Crippen LogP contribution in [0.4, 0.5) is 0 Å². The second-order valence-corrected chi connectivity index (χ2v) is 2.92. The van der Waals surface area contributed by atoms with E-state index in [1.165, 1.54) is 0 Å². The molecule has 1 aromatic carbocycles. The summed E-state index contributed by atoms with van der Waals surface area (Å²) in [6.45, 7) is 0.850. The monoisotopic (exact) mass is 181 g/mol. The molecule has 0 saturated heterocycles. The summed E-state index contributed by atoms with van der Waals surface area (Å²) in [7, 11) is 1.57. The largest absolute Gasteiger partial charge is 0.386 e. The number of hydrogen-bond acceptors (Lipinski definition) is 3. The lowest BCUT2D eigenvalue weighted by atomic mass is 10.1. The van der Waals surface area contributed by atoms with Gasteiger partial charge in [-0.05, 0) is 11.1 Å². The number of aliphatic hydroxyl groups is 1. The van der Waals surface area contributed by atoms with E-state index >= 15 is 0 Å². The van der Waals surface area contributed by atoms with Crippen LogP contribution in [0.1, 0.15) is 17.2 Å². The molecule has 0 spiro atoms. The molecule has 0 aliphatic rings.